The van der Waals surface area contributed by atoms with Gasteiger partial charge in [0.25, 0.3) is 0 Å². The van der Waals surface area contributed by atoms with Gasteiger partial charge < -0.3 is 9.88 Å². The summed E-state index contributed by atoms with van der Waals surface area (Å²) in [6.07, 6.45) is 4.58. The molecule has 3 nitrogen and oxygen atoms in total. The molecule has 0 spiro atoms. The molecule has 0 amide bonds. The van der Waals surface area contributed by atoms with Crippen molar-refractivity contribution in [3.05, 3.63) is 29.0 Å². The number of nitrogens with one attached hydrogen (secondary N) is 1. The Morgan fingerprint density at radius 1 is 1.47 bits per heavy atom. The first-order chi connectivity index (χ1) is 8.33. The molecule has 0 radical (unpaired) electrons. The molecular formula is C13H16BrN3. The minimum Gasteiger partial charge on any atom is -0.330 e. The van der Waals surface area contributed by atoms with Gasteiger partial charge in [0.05, 0.1) is 17.4 Å². The van der Waals surface area contributed by atoms with Gasteiger partial charge in [-0.25, -0.2) is 4.98 Å². The lowest BCUT2D eigenvalue weighted by atomic mass is 10.00. The Morgan fingerprint density at radius 3 is 3.24 bits per heavy atom. The molecule has 1 aliphatic heterocycles. The molecule has 1 aromatic heterocycles. The summed E-state index contributed by atoms with van der Waals surface area (Å²) in [5.74, 6) is 0.741. The van der Waals surface area contributed by atoms with E-state index in [0.717, 1.165) is 29.0 Å². The van der Waals surface area contributed by atoms with Crippen molar-refractivity contribution in [1.82, 2.24) is 14.9 Å². The number of rotatable bonds is 2. The zero-order valence-corrected chi connectivity index (χ0v) is 11.3. The van der Waals surface area contributed by atoms with Crippen molar-refractivity contribution < 1.29 is 0 Å². The Hall–Kier alpha value is -0.870. The topological polar surface area (TPSA) is 29.9 Å². The van der Waals surface area contributed by atoms with Gasteiger partial charge in [-0.3, -0.25) is 0 Å². The maximum Gasteiger partial charge on any atom is 0.0958 e. The highest BCUT2D eigenvalue weighted by Gasteiger charge is 2.14. The summed E-state index contributed by atoms with van der Waals surface area (Å²) in [5.41, 5.74) is 2.31. The van der Waals surface area contributed by atoms with Gasteiger partial charge >= 0.3 is 0 Å². The SMILES string of the molecule is Brc1ccc2c(c1)ncn2CC1CCCNC1. The number of halogens is 1. The number of benzene rings is 1. The van der Waals surface area contributed by atoms with E-state index in [4.69, 9.17) is 0 Å². The van der Waals surface area contributed by atoms with Crippen molar-refractivity contribution in [2.24, 2.45) is 5.92 Å². The highest BCUT2D eigenvalue weighted by Crippen LogP contribution is 2.21. The molecule has 0 saturated carbocycles. The maximum absolute atomic E-state index is 4.46. The van der Waals surface area contributed by atoms with Gasteiger partial charge in [0.2, 0.25) is 0 Å². The van der Waals surface area contributed by atoms with E-state index in [-0.39, 0.29) is 0 Å². The smallest absolute Gasteiger partial charge is 0.0958 e. The van der Waals surface area contributed by atoms with Crippen LogP contribution in [0.5, 0.6) is 0 Å². The number of fused-ring (bicyclic) bond motifs is 1. The number of nitrogens with zero attached hydrogens (tertiary/aromatic N) is 2. The monoisotopic (exact) mass is 293 g/mol. The summed E-state index contributed by atoms with van der Waals surface area (Å²) in [4.78, 5) is 4.46. The van der Waals surface area contributed by atoms with Gasteiger partial charge in [-0.15, -0.1) is 0 Å². The Balaban J connectivity index is 1.84. The third-order valence-electron chi connectivity index (χ3n) is 3.44. The van der Waals surface area contributed by atoms with Gasteiger partial charge in [-0.1, -0.05) is 15.9 Å². The average Bonchev–Trinajstić information content (AvgIpc) is 2.73. The first-order valence-electron chi connectivity index (χ1n) is 6.14. The van der Waals surface area contributed by atoms with Crippen LogP contribution >= 0.6 is 15.9 Å². The van der Waals surface area contributed by atoms with E-state index in [1.54, 1.807) is 0 Å². The maximum atomic E-state index is 4.46. The van der Waals surface area contributed by atoms with Crippen LogP contribution in [0, 0.1) is 5.92 Å². The average molecular weight is 294 g/mol. The fourth-order valence-corrected chi connectivity index (χ4v) is 2.89. The highest BCUT2D eigenvalue weighted by molar-refractivity contribution is 9.10. The van der Waals surface area contributed by atoms with E-state index in [1.165, 1.54) is 24.9 Å². The van der Waals surface area contributed by atoms with Crippen molar-refractivity contribution in [2.75, 3.05) is 13.1 Å². The standard InChI is InChI=1S/C13H16BrN3/c14-11-3-4-13-12(6-11)16-9-17(13)8-10-2-1-5-15-7-10/h3-4,6,9-10,15H,1-2,5,7-8H2. The van der Waals surface area contributed by atoms with E-state index >= 15 is 0 Å². The third-order valence-corrected chi connectivity index (χ3v) is 3.93. The molecule has 1 aliphatic rings. The quantitative estimate of drug-likeness (QED) is 0.923. The molecule has 1 unspecified atom stereocenters. The Morgan fingerprint density at radius 2 is 2.41 bits per heavy atom. The summed E-state index contributed by atoms with van der Waals surface area (Å²) >= 11 is 3.48. The van der Waals surface area contributed by atoms with Gasteiger partial charge in [-0.05, 0) is 50.0 Å². The first-order valence-corrected chi connectivity index (χ1v) is 6.93. The molecule has 1 N–H and O–H groups in total. The number of aromatic nitrogens is 2. The number of imidazole rings is 1. The molecule has 90 valence electrons. The van der Waals surface area contributed by atoms with Crippen molar-refractivity contribution >= 4 is 27.0 Å². The van der Waals surface area contributed by atoms with Gasteiger partial charge in [-0.2, -0.15) is 0 Å². The van der Waals surface area contributed by atoms with E-state index in [0.29, 0.717) is 0 Å². The van der Waals surface area contributed by atoms with Crippen LogP contribution < -0.4 is 5.32 Å². The number of piperidine rings is 1. The number of hydrogen-bond acceptors (Lipinski definition) is 2. The van der Waals surface area contributed by atoms with Crippen LogP contribution in [0.4, 0.5) is 0 Å². The van der Waals surface area contributed by atoms with Gasteiger partial charge in [0.15, 0.2) is 0 Å². The van der Waals surface area contributed by atoms with Crippen LogP contribution in [-0.2, 0) is 6.54 Å². The summed E-state index contributed by atoms with van der Waals surface area (Å²) in [5, 5.41) is 3.46. The van der Waals surface area contributed by atoms with E-state index in [2.05, 4.69) is 49.0 Å². The fourth-order valence-electron chi connectivity index (χ4n) is 2.54. The Bertz CT molecular complexity index is 514. The number of hydrogen-bond donors (Lipinski definition) is 1. The van der Waals surface area contributed by atoms with E-state index < -0.39 is 0 Å². The van der Waals surface area contributed by atoms with Crippen LogP contribution in [0.1, 0.15) is 12.8 Å². The molecule has 4 heteroatoms. The third kappa shape index (κ3) is 2.38. The van der Waals surface area contributed by atoms with Gasteiger partial charge in [0, 0.05) is 11.0 Å². The molecule has 0 aliphatic carbocycles. The van der Waals surface area contributed by atoms with Crippen molar-refractivity contribution in [1.29, 1.82) is 0 Å². The highest BCUT2D eigenvalue weighted by atomic mass is 79.9. The predicted octanol–water partition coefficient (Wildman–Crippen LogP) is 2.80. The first kappa shape index (κ1) is 11.2. The van der Waals surface area contributed by atoms with Crippen molar-refractivity contribution in [2.45, 2.75) is 19.4 Å². The summed E-state index contributed by atoms with van der Waals surface area (Å²) < 4.78 is 3.37. The molecule has 17 heavy (non-hydrogen) atoms. The van der Waals surface area contributed by atoms with Gasteiger partial charge in [0.1, 0.15) is 0 Å². The summed E-state index contributed by atoms with van der Waals surface area (Å²) in [7, 11) is 0. The summed E-state index contributed by atoms with van der Waals surface area (Å²) in [6, 6.07) is 6.30. The van der Waals surface area contributed by atoms with Crippen molar-refractivity contribution in [3.8, 4) is 0 Å². The lowest BCUT2D eigenvalue weighted by molar-refractivity contribution is 0.340. The van der Waals surface area contributed by atoms with E-state index in [1.807, 2.05) is 6.33 Å². The zero-order chi connectivity index (χ0) is 11.7. The molecule has 1 aromatic carbocycles. The van der Waals surface area contributed by atoms with Crippen molar-refractivity contribution in [3.63, 3.8) is 0 Å². The molecular weight excluding hydrogens is 278 g/mol. The largest absolute Gasteiger partial charge is 0.330 e. The van der Waals surface area contributed by atoms with Crippen LogP contribution in [0.2, 0.25) is 0 Å². The molecule has 2 aromatic rings. The Kier molecular flexibility index (Phi) is 3.16. The van der Waals surface area contributed by atoms with Crippen LogP contribution in [0.3, 0.4) is 0 Å². The molecule has 3 rings (SSSR count). The fraction of sp³-hybridized carbons (Fsp3) is 0.462. The normalized spacial score (nSPS) is 20.9. The predicted molar refractivity (Wildman–Crippen MR) is 73.0 cm³/mol. The second-order valence-electron chi connectivity index (χ2n) is 4.74. The van der Waals surface area contributed by atoms with Crippen LogP contribution in [0.15, 0.2) is 29.0 Å². The lowest BCUT2D eigenvalue weighted by Gasteiger charge is -2.23. The Labute approximate surface area is 109 Å². The minimum atomic E-state index is 0.741. The minimum absolute atomic E-state index is 0.741. The molecule has 1 fully saturated rings. The van der Waals surface area contributed by atoms with E-state index in [9.17, 15) is 0 Å². The van der Waals surface area contributed by atoms with Crippen LogP contribution in [-0.4, -0.2) is 22.6 Å². The molecule has 1 atom stereocenters. The second kappa shape index (κ2) is 4.78. The van der Waals surface area contributed by atoms with Crippen LogP contribution in [0.25, 0.3) is 11.0 Å². The molecule has 1 saturated heterocycles. The second-order valence-corrected chi connectivity index (χ2v) is 5.66. The molecule has 2 heterocycles. The lowest BCUT2D eigenvalue weighted by Crippen LogP contribution is -2.32. The zero-order valence-electron chi connectivity index (χ0n) is 9.69. The summed E-state index contributed by atoms with van der Waals surface area (Å²) in [6.45, 7) is 3.38. The molecule has 0 bridgehead atoms.